The van der Waals surface area contributed by atoms with Gasteiger partial charge < -0.3 is 5.32 Å². The maximum absolute atomic E-state index is 11.0. The van der Waals surface area contributed by atoms with Crippen LogP contribution in [-0.4, -0.2) is 11.4 Å². The van der Waals surface area contributed by atoms with Crippen molar-refractivity contribution in [3.05, 3.63) is 0 Å². The molecular weight excluding hydrogens is 150 g/mol. The van der Waals surface area contributed by atoms with Crippen molar-refractivity contribution in [2.24, 2.45) is 11.8 Å². The average molecular weight is 169 g/mol. The molecule has 0 bridgehead atoms. The van der Waals surface area contributed by atoms with E-state index in [1.807, 2.05) is 0 Å². The van der Waals surface area contributed by atoms with Gasteiger partial charge in [-0.2, -0.15) is 0 Å². The summed E-state index contributed by atoms with van der Waals surface area (Å²) in [7, 11) is 0. The summed E-state index contributed by atoms with van der Waals surface area (Å²) in [5, 5.41) is 3.09. The Kier molecular flexibility index (Phi) is 2.45. The number of carbonyl (C=O) groups is 1. The molecule has 2 atom stereocenters. The van der Waals surface area contributed by atoms with Gasteiger partial charge in [-0.05, 0) is 18.3 Å². The fraction of sp³-hybridized carbons (Fsp3) is 0.900. The van der Waals surface area contributed by atoms with E-state index >= 15 is 0 Å². The summed E-state index contributed by atoms with van der Waals surface area (Å²) >= 11 is 0. The lowest BCUT2D eigenvalue weighted by atomic mass is 9.98. The van der Waals surface area contributed by atoms with Crippen LogP contribution in [0, 0.1) is 11.8 Å². The van der Waals surface area contributed by atoms with Crippen molar-refractivity contribution in [3.63, 3.8) is 0 Å². The zero-order valence-electron chi connectivity index (χ0n) is 8.48. The fourth-order valence-corrected chi connectivity index (χ4v) is 2.19. The summed E-state index contributed by atoms with van der Waals surface area (Å²) in [6.45, 7) is 8.17. The lowest BCUT2D eigenvalue weighted by molar-refractivity contribution is -0.120. The number of rotatable bonds is 3. The van der Waals surface area contributed by atoms with Crippen LogP contribution in [0.3, 0.4) is 0 Å². The van der Waals surface area contributed by atoms with Gasteiger partial charge in [-0.1, -0.05) is 27.2 Å². The van der Waals surface area contributed by atoms with Gasteiger partial charge in [-0.15, -0.1) is 0 Å². The van der Waals surface area contributed by atoms with Gasteiger partial charge in [0.2, 0.25) is 5.91 Å². The molecule has 0 radical (unpaired) electrons. The van der Waals surface area contributed by atoms with E-state index in [-0.39, 0.29) is 11.4 Å². The Bertz CT molecular complexity index is 188. The zero-order valence-corrected chi connectivity index (χ0v) is 8.48. The number of nitrogens with one attached hydrogen (secondary N) is 1. The molecule has 0 aromatic heterocycles. The Morgan fingerprint density at radius 1 is 1.67 bits per heavy atom. The topological polar surface area (TPSA) is 29.1 Å². The highest BCUT2D eigenvalue weighted by Crippen LogP contribution is 2.50. The van der Waals surface area contributed by atoms with E-state index in [1.54, 1.807) is 6.92 Å². The third-order valence-corrected chi connectivity index (χ3v) is 3.08. The quantitative estimate of drug-likeness (QED) is 0.687. The smallest absolute Gasteiger partial charge is 0.217 e. The highest BCUT2D eigenvalue weighted by molar-refractivity contribution is 5.74. The van der Waals surface area contributed by atoms with Gasteiger partial charge in [0.15, 0.2) is 0 Å². The van der Waals surface area contributed by atoms with Crippen LogP contribution in [0.5, 0.6) is 0 Å². The van der Waals surface area contributed by atoms with Crippen LogP contribution >= 0.6 is 0 Å². The Morgan fingerprint density at radius 2 is 2.25 bits per heavy atom. The normalized spacial score (nSPS) is 33.6. The molecule has 1 N–H and O–H groups in total. The average Bonchev–Trinajstić information content (AvgIpc) is 2.62. The molecule has 1 fully saturated rings. The number of hydrogen-bond acceptors (Lipinski definition) is 1. The van der Waals surface area contributed by atoms with Crippen LogP contribution in [0.25, 0.3) is 0 Å². The molecule has 0 aromatic rings. The lowest BCUT2D eigenvalue weighted by Crippen LogP contribution is -2.41. The lowest BCUT2D eigenvalue weighted by Gasteiger charge is -2.22. The van der Waals surface area contributed by atoms with Crippen molar-refractivity contribution in [1.82, 2.24) is 5.32 Å². The van der Waals surface area contributed by atoms with Gasteiger partial charge in [-0.25, -0.2) is 0 Å². The summed E-state index contributed by atoms with van der Waals surface area (Å²) in [4.78, 5) is 11.0. The fourth-order valence-electron chi connectivity index (χ4n) is 2.19. The highest BCUT2D eigenvalue weighted by Gasteiger charge is 2.55. The summed E-state index contributed by atoms with van der Waals surface area (Å²) in [5.41, 5.74) is 0.139. The van der Waals surface area contributed by atoms with Crippen molar-refractivity contribution >= 4 is 5.91 Å². The first kappa shape index (κ1) is 9.56. The van der Waals surface area contributed by atoms with E-state index < -0.39 is 0 Å². The third-order valence-electron chi connectivity index (χ3n) is 3.08. The number of amides is 1. The molecule has 1 saturated carbocycles. The molecule has 70 valence electrons. The summed E-state index contributed by atoms with van der Waals surface area (Å²) < 4.78 is 0. The van der Waals surface area contributed by atoms with E-state index in [9.17, 15) is 4.79 Å². The van der Waals surface area contributed by atoms with E-state index in [4.69, 9.17) is 0 Å². The molecular formula is C10H19NO. The van der Waals surface area contributed by atoms with Crippen molar-refractivity contribution in [2.75, 3.05) is 0 Å². The highest BCUT2D eigenvalue weighted by atomic mass is 16.1. The first-order valence-electron chi connectivity index (χ1n) is 4.81. The maximum Gasteiger partial charge on any atom is 0.217 e. The summed E-state index contributed by atoms with van der Waals surface area (Å²) in [5.74, 6) is 1.38. The van der Waals surface area contributed by atoms with Crippen LogP contribution in [0.15, 0.2) is 0 Å². The molecule has 2 heteroatoms. The van der Waals surface area contributed by atoms with Crippen LogP contribution in [-0.2, 0) is 4.79 Å². The molecule has 0 saturated heterocycles. The van der Waals surface area contributed by atoms with Crippen LogP contribution in [0.4, 0.5) is 0 Å². The zero-order chi connectivity index (χ0) is 9.35. The minimum absolute atomic E-state index is 0.111. The predicted octanol–water partition coefficient (Wildman–Crippen LogP) is 1.95. The molecule has 1 aliphatic carbocycles. The Hall–Kier alpha value is -0.530. The Morgan fingerprint density at radius 3 is 2.50 bits per heavy atom. The molecule has 1 amide bonds. The first-order chi connectivity index (χ1) is 5.53. The molecule has 0 heterocycles. The summed E-state index contributed by atoms with van der Waals surface area (Å²) in [6.07, 6.45) is 2.35. The van der Waals surface area contributed by atoms with E-state index in [0.717, 1.165) is 0 Å². The minimum Gasteiger partial charge on any atom is -0.350 e. The van der Waals surface area contributed by atoms with Crippen molar-refractivity contribution in [1.29, 1.82) is 0 Å². The van der Waals surface area contributed by atoms with Gasteiger partial charge in [-0.3, -0.25) is 4.79 Å². The van der Waals surface area contributed by atoms with Gasteiger partial charge in [0, 0.05) is 12.5 Å². The molecule has 0 spiro atoms. The van der Waals surface area contributed by atoms with Gasteiger partial charge in [0.05, 0.1) is 0 Å². The molecule has 1 rings (SSSR count). The molecule has 0 aromatic carbocycles. The van der Waals surface area contributed by atoms with E-state index in [1.165, 1.54) is 12.8 Å². The Balaban J connectivity index is 2.59. The van der Waals surface area contributed by atoms with Gasteiger partial charge in [0.25, 0.3) is 0 Å². The van der Waals surface area contributed by atoms with Crippen molar-refractivity contribution in [3.8, 4) is 0 Å². The van der Waals surface area contributed by atoms with Gasteiger partial charge in [0.1, 0.15) is 0 Å². The van der Waals surface area contributed by atoms with Crippen molar-refractivity contribution in [2.45, 2.75) is 46.1 Å². The molecule has 12 heavy (non-hydrogen) atoms. The van der Waals surface area contributed by atoms with Crippen LogP contribution in [0.2, 0.25) is 0 Å². The number of carbonyl (C=O) groups excluding carboxylic acids is 1. The molecule has 2 nitrogen and oxygen atoms in total. The maximum atomic E-state index is 11.0. The van der Waals surface area contributed by atoms with Crippen LogP contribution in [0.1, 0.15) is 40.5 Å². The van der Waals surface area contributed by atoms with E-state index in [0.29, 0.717) is 11.8 Å². The number of hydrogen-bond donors (Lipinski definition) is 1. The van der Waals surface area contributed by atoms with Crippen LogP contribution < -0.4 is 5.32 Å². The first-order valence-corrected chi connectivity index (χ1v) is 4.81. The second kappa shape index (κ2) is 3.08. The Labute approximate surface area is 74.7 Å². The third kappa shape index (κ3) is 1.47. The minimum atomic E-state index is 0.111. The van der Waals surface area contributed by atoms with Gasteiger partial charge >= 0.3 is 0 Å². The molecule has 1 aliphatic rings. The molecule has 0 aliphatic heterocycles. The second-order valence-corrected chi connectivity index (χ2v) is 4.19. The summed E-state index contributed by atoms with van der Waals surface area (Å²) in [6, 6.07) is 0. The van der Waals surface area contributed by atoms with Crippen molar-refractivity contribution < 1.29 is 4.79 Å². The standard InChI is InChI=1S/C10H19NO/c1-5-9-6-10(9,7(2)3)11-8(4)12/h7,9H,5-6H2,1-4H3,(H,11,12). The molecule has 2 unspecified atom stereocenters. The second-order valence-electron chi connectivity index (χ2n) is 4.19. The SMILES string of the molecule is CCC1CC1(NC(C)=O)C(C)C. The predicted molar refractivity (Wildman–Crippen MR) is 49.8 cm³/mol. The largest absolute Gasteiger partial charge is 0.350 e. The van der Waals surface area contributed by atoms with E-state index in [2.05, 4.69) is 26.1 Å². The monoisotopic (exact) mass is 169 g/mol.